The average molecular weight is 387 g/mol. The molecule has 0 fully saturated rings. The molecule has 0 spiro atoms. The summed E-state index contributed by atoms with van der Waals surface area (Å²) in [7, 11) is 0. The number of carbonyl (C=O) groups excluding carboxylic acids is 1. The topological polar surface area (TPSA) is 56.0 Å². The summed E-state index contributed by atoms with van der Waals surface area (Å²) in [5, 5.41) is 0.874. The molecular formula is C20H22N2O2S2. The Hall–Kier alpha value is -1.92. The average Bonchev–Trinajstić information content (AvgIpc) is 3.29. The quantitative estimate of drug-likeness (QED) is 0.468. The molecule has 0 amide bonds. The van der Waals surface area contributed by atoms with Gasteiger partial charge in [0.25, 0.3) is 0 Å². The van der Waals surface area contributed by atoms with E-state index in [9.17, 15) is 4.79 Å². The molecule has 4 nitrogen and oxygen atoms in total. The Morgan fingerprint density at radius 2 is 2.04 bits per heavy atom. The van der Waals surface area contributed by atoms with E-state index >= 15 is 0 Å². The van der Waals surface area contributed by atoms with Crippen molar-refractivity contribution in [3.8, 4) is 0 Å². The maximum atomic E-state index is 12.4. The van der Waals surface area contributed by atoms with Gasteiger partial charge in [-0.15, -0.1) is 23.1 Å². The first-order chi connectivity index (χ1) is 12.6. The summed E-state index contributed by atoms with van der Waals surface area (Å²) in [4.78, 5) is 21.0. The van der Waals surface area contributed by atoms with Gasteiger partial charge in [0.1, 0.15) is 16.6 Å². The zero-order valence-corrected chi connectivity index (χ0v) is 16.6. The molecule has 0 aliphatic carbocycles. The second-order valence-corrected chi connectivity index (χ2v) is 8.56. The second kappa shape index (κ2) is 9.14. The molecule has 0 aliphatic rings. The highest BCUT2D eigenvalue weighted by atomic mass is 32.2. The number of thioether (sulfide) groups is 1. The van der Waals surface area contributed by atoms with Crippen LogP contribution in [0.15, 0.2) is 51.4 Å². The third kappa shape index (κ3) is 5.29. The smallest absolute Gasteiger partial charge is 0.204 e. The summed E-state index contributed by atoms with van der Waals surface area (Å²) >= 11 is 3.22. The highest BCUT2D eigenvalue weighted by molar-refractivity contribution is 8.00. The van der Waals surface area contributed by atoms with Crippen molar-refractivity contribution in [3.63, 3.8) is 0 Å². The number of Topliss-reactive ketones (excluding diaryl/α,β-unsaturated/α-hetero) is 1. The molecule has 0 radical (unpaired) electrons. The van der Waals surface area contributed by atoms with Crippen LogP contribution >= 0.6 is 23.1 Å². The third-order valence-corrected chi connectivity index (χ3v) is 6.25. The van der Waals surface area contributed by atoms with Crippen LogP contribution in [-0.2, 0) is 23.4 Å². The molecule has 0 bridgehead atoms. The molecule has 6 heteroatoms. The standard InChI is InChI=1S/C20H22N2O2S2/c1-3-17-11-21-18(24-17)13-25-20-12-22-19(26-20)10-16(23)9-14(2)15-7-5-4-6-8-15/h4-8,11-12,14H,3,9-10,13H2,1-2H3. The van der Waals surface area contributed by atoms with Crippen molar-refractivity contribution in [1.29, 1.82) is 0 Å². The van der Waals surface area contributed by atoms with E-state index in [2.05, 4.69) is 29.0 Å². The van der Waals surface area contributed by atoms with Gasteiger partial charge in [-0.05, 0) is 11.5 Å². The number of carbonyl (C=O) groups is 1. The van der Waals surface area contributed by atoms with E-state index in [0.29, 0.717) is 18.6 Å². The predicted molar refractivity (Wildman–Crippen MR) is 106 cm³/mol. The molecular weight excluding hydrogens is 364 g/mol. The summed E-state index contributed by atoms with van der Waals surface area (Å²) in [6.45, 7) is 4.14. The van der Waals surface area contributed by atoms with E-state index < -0.39 is 0 Å². The molecule has 2 heterocycles. The summed E-state index contributed by atoms with van der Waals surface area (Å²) in [5.41, 5.74) is 1.20. The maximum Gasteiger partial charge on any atom is 0.204 e. The molecule has 3 aromatic rings. The van der Waals surface area contributed by atoms with E-state index in [4.69, 9.17) is 4.42 Å². The van der Waals surface area contributed by atoms with Gasteiger partial charge in [0.2, 0.25) is 5.89 Å². The van der Waals surface area contributed by atoms with Gasteiger partial charge in [0.05, 0.1) is 28.8 Å². The summed E-state index contributed by atoms with van der Waals surface area (Å²) in [6, 6.07) is 10.2. The Morgan fingerprint density at radius 1 is 1.23 bits per heavy atom. The van der Waals surface area contributed by atoms with Crippen molar-refractivity contribution in [1.82, 2.24) is 9.97 Å². The van der Waals surface area contributed by atoms with Crippen LogP contribution in [0.2, 0.25) is 0 Å². The molecule has 26 heavy (non-hydrogen) atoms. The Morgan fingerprint density at radius 3 is 2.77 bits per heavy atom. The lowest BCUT2D eigenvalue weighted by atomic mass is 9.95. The first-order valence-electron chi connectivity index (χ1n) is 8.71. The fourth-order valence-corrected chi connectivity index (χ4v) is 4.54. The highest BCUT2D eigenvalue weighted by Gasteiger charge is 2.14. The molecule has 0 saturated carbocycles. The third-order valence-electron chi connectivity index (χ3n) is 4.07. The van der Waals surface area contributed by atoms with E-state index in [1.54, 1.807) is 29.3 Å². The second-order valence-electron chi connectivity index (χ2n) is 6.17. The number of thiazole rings is 1. The Balaban J connectivity index is 1.49. The van der Waals surface area contributed by atoms with Gasteiger partial charge in [0, 0.05) is 12.8 Å². The fraction of sp³-hybridized carbons (Fsp3) is 0.350. The van der Waals surface area contributed by atoms with Crippen molar-refractivity contribution in [3.05, 3.63) is 64.9 Å². The van der Waals surface area contributed by atoms with Gasteiger partial charge < -0.3 is 4.42 Å². The molecule has 0 aliphatic heterocycles. The van der Waals surface area contributed by atoms with Gasteiger partial charge in [-0.1, -0.05) is 44.2 Å². The summed E-state index contributed by atoms with van der Waals surface area (Å²) in [6.07, 6.45) is 5.41. The lowest BCUT2D eigenvalue weighted by Gasteiger charge is -2.10. The number of oxazole rings is 1. The van der Waals surface area contributed by atoms with Gasteiger partial charge in [-0.2, -0.15) is 0 Å². The zero-order chi connectivity index (χ0) is 18.4. The summed E-state index contributed by atoms with van der Waals surface area (Å²) in [5.74, 6) is 2.78. The number of benzene rings is 1. The zero-order valence-electron chi connectivity index (χ0n) is 15.0. The molecule has 0 saturated heterocycles. The maximum absolute atomic E-state index is 12.4. The highest BCUT2D eigenvalue weighted by Crippen LogP contribution is 2.29. The largest absolute Gasteiger partial charge is 0.445 e. The number of rotatable bonds is 9. The van der Waals surface area contributed by atoms with E-state index in [1.807, 2.05) is 31.3 Å². The van der Waals surface area contributed by atoms with Crippen LogP contribution in [0.4, 0.5) is 0 Å². The molecule has 2 aromatic heterocycles. The first-order valence-corrected chi connectivity index (χ1v) is 10.5. The number of aryl methyl sites for hydroxylation is 1. The van der Waals surface area contributed by atoms with Crippen molar-refractivity contribution < 1.29 is 9.21 Å². The summed E-state index contributed by atoms with van der Waals surface area (Å²) < 4.78 is 6.69. The van der Waals surface area contributed by atoms with Crippen LogP contribution in [0.25, 0.3) is 0 Å². The van der Waals surface area contributed by atoms with Crippen LogP contribution in [0, 0.1) is 0 Å². The van der Waals surface area contributed by atoms with Gasteiger partial charge >= 0.3 is 0 Å². The van der Waals surface area contributed by atoms with Crippen molar-refractivity contribution in [2.75, 3.05) is 0 Å². The minimum absolute atomic E-state index is 0.229. The predicted octanol–water partition coefficient (Wildman–Crippen LogP) is 5.29. The van der Waals surface area contributed by atoms with E-state index in [0.717, 1.165) is 27.3 Å². The van der Waals surface area contributed by atoms with Crippen LogP contribution in [-0.4, -0.2) is 15.8 Å². The fourth-order valence-electron chi connectivity index (χ4n) is 2.63. The van der Waals surface area contributed by atoms with Gasteiger partial charge in [-0.25, -0.2) is 9.97 Å². The monoisotopic (exact) mass is 386 g/mol. The van der Waals surface area contributed by atoms with Crippen LogP contribution < -0.4 is 0 Å². The normalized spacial score (nSPS) is 12.2. The molecule has 1 unspecified atom stereocenters. The van der Waals surface area contributed by atoms with Crippen molar-refractivity contribution in [2.24, 2.45) is 0 Å². The van der Waals surface area contributed by atoms with Crippen LogP contribution in [0.3, 0.4) is 0 Å². The lowest BCUT2D eigenvalue weighted by molar-refractivity contribution is -0.118. The molecule has 136 valence electrons. The minimum Gasteiger partial charge on any atom is -0.445 e. The van der Waals surface area contributed by atoms with Crippen molar-refractivity contribution in [2.45, 2.75) is 49.0 Å². The number of nitrogens with zero attached hydrogens (tertiary/aromatic N) is 2. The Kier molecular flexibility index (Phi) is 6.63. The van der Waals surface area contributed by atoms with Crippen molar-refractivity contribution >= 4 is 28.9 Å². The number of aromatic nitrogens is 2. The lowest BCUT2D eigenvalue weighted by Crippen LogP contribution is -2.07. The van der Waals surface area contributed by atoms with Crippen LogP contribution in [0.1, 0.15) is 48.4 Å². The SMILES string of the molecule is CCc1cnc(CSc2cnc(CC(=O)CC(C)c3ccccc3)s2)o1. The molecule has 3 rings (SSSR count). The van der Waals surface area contributed by atoms with Gasteiger partial charge in [0.15, 0.2) is 0 Å². The molecule has 1 atom stereocenters. The van der Waals surface area contributed by atoms with E-state index in [1.165, 1.54) is 5.56 Å². The Labute approximate surface area is 162 Å². The molecule has 1 aromatic carbocycles. The number of hydrogen-bond acceptors (Lipinski definition) is 6. The van der Waals surface area contributed by atoms with E-state index in [-0.39, 0.29) is 11.7 Å². The van der Waals surface area contributed by atoms with Crippen LogP contribution in [0.5, 0.6) is 0 Å². The molecule has 0 N–H and O–H groups in total. The first kappa shape index (κ1) is 18.9. The number of hydrogen-bond donors (Lipinski definition) is 0. The number of ketones is 1. The Bertz CT molecular complexity index is 842. The minimum atomic E-state index is 0.229. The van der Waals surface area contributed by atoms with Gasteiger partial charge in [-0.3, -0.25) is 4.79 Å².